The monoisotopic (exact) mass is 307 g/mol. The highest BCUT2D eigenvalue weighted by Crippen LogP contribution is 2.27. The van der Waals surface area contributed by atoms with Crippen LogP contribution in [-0.4, -0.2) is 9.38 Å². The molecule has 118 valence electrons. The maximum atomic E-state index is 13.1. The van der Waals surface area contributed by atoms with E-state index in [9.17, 15) is 10.1 Å². The summed E-state index contributed by atoms with van der Waals surface area (Å²) >= 11 is 0. The second-order valence-corrected chi connectivity index (χ2v) is 6.27. The van der Waals surface area contributed by atoms with Gasteiger partial charge in [-0.25, -0.2) is 0 Å². The zero-order valence-corrected chi connectivity index (χ0v) is 13.8. The Morgan fingerprint density at radius 3 is 2.70 bits per heavy atom. The van der Waals surface area contributed by atoms with E-state index in [0.717, 1.165) is 41.4 Å². The Kier molecular flexibility index (Phi) is 3.96. The number of aromatic nitrogens is 2. The summed E-state index contributed by atoms with van der Waals surface area (Å²) in [6, 6.07) is 10.0. The van der Waals surface area contributed by atoms with Gasteiger partial charge in [0.15, 0.2) is 0 Å². The van der Waals surface area contributed by atoms with Crippen molar-refractivity contribution in [3.63, 3.8) is 0 Å². The van der Waals surface area contributed by atoms with Gasteiger partial charge in [-0.05, 0) is 36.5 Å². The third-order valence-corrected chi connectivity index (χ3v) is 4.38. The average Bonchev–Trinajstić information content (AvgIpc) is 2.93. The van der Waals surface area contributed by atoms with Crippen molar-refractivity contribution in [3.8, 4) is 6.07 Å². The molecule has 3 rings (SSSR count). The largest absolute Gasteiger partial charge is 0.338 e. The molecule has 1 aromatic carbocycles. The topological polar surface area (TPSA) is 61.1 Å². The summed E-state index contributed by atoms with van der Waals surface area (Å²) in [5.41, 5.74) is 4.62. The minimum atomic E-state index is 0.00796. The second kappa shape index (κ2) is 5.92. The van der Waals surface area contributed by atoms with E-state index < -0.39 is 0 Å². The molecule has 0 bridgehead atoms. The number of nitrogens with one attached hydrogen (secondary N) is 1. The van der Waals surface area contributed by atoms with E-state index >= 15 is 0 Å². The van der Waals surface area contributed by atoms with E-state index in [1.54, 1.807) is 4.40 Å². The summed E-state index contributed by atoms with van der Waals surface area (Å²) in [4.78, 5) is 16.4. The number of unbranched alkanes of at least 4 members (excludes halogenated alkanes) is 1. The van der Waals surface area contributed by atoms with Crippen LogP contribution in [0, 0.1) is 11.3 Å². The van der Waals surface area contributed by atoms with Crippen molar-refractivity contribution in [1.29, 1.82) is 5.26 Å². The van der Waals surface area contributed by atoms with Crippen LogP contribution in [0.4, 0.5) is 0 Å². The van der Waals surface area contributed by atoms with Crippen LogP contribution in [0.2, 0.25) is 0 Å². The molecule has 2 aromatic heterocycles. The number of aromatic amines is 1. The van der Waals surface area contributed by atoms with Crippen molar-refractivity contribution < 1.29 is 0 Å². The molecule has 1 N–H and O–H groups in total. The number of H-pyrrole nitrogens is 1. The fourth-order valence-electron chi connectivity index (χ4n) is 3.34. The molecule has 4 nitrogen and oxygen atoms in total. The maximum Gasteiger partial charge on any atom is 0.260 e. The van der Waals surface area contributed by atoms with Gasteiger partial charge in [0.1, 0.15) is 11.7 Å². The summed E-state index contributed by atoms with van der Waals surface area (Å²) in [5, 5.41) is 9.75. The number of rotatable bonds is 4. The molecule has 0 aliphatic carbocycles. The van der Waals surface area contributed by atoms with Crippen molar-refractivity contribution >= 4 is 16.7 Å². The molecule has 0 fully saturated rings. The van der Waals surface area contributed by atoms with Gasteiger partial charge in [0.25, 0.3) is 5.56 Å². The lowest BCUT2D eigenvalue weighted by Crippen LogP contribution is -2.22. The van der Waals surface area contributed by atoms with Crippen LogP contribution in [0.15, 0.2) is 29.1 Å². The number of nitriles is 1. The van der Waals surface area contributed by atoms with Crippen LogP contribution in [0.3, 0.4) is 0 Å². The van der Waals surface area contributed by atoms with Gasteiger partial charge in [-0.1, -0.05) is 39.3 Å². The first kappa shape index (κ1) is 15.4. The molecule has 0 aliphatic rings. The highest BCUT2D eigenvalue weighted by Gasteiger charge is 2.22. The lowest BCUT2D eigenvalue weighted by atomic mass is 9.91. The molecule has 0 spiro atoms. The minimum Gasteiger partial charge on any atom is -0.338 e. The van der Waals surface area contributed by atoms with Gasteiger partial charge in [-0.2, -0.15) is 5.26 Å². The molecule has 3 aromatic rings. The molecule has 23 heavy (non-hydrogen) atoms. The highest BCUT2D eigenvalue weighted by molar-refractivity contribution is 5.83. The van der Waals surface area contributed by atoms with Crippen molar-refractivity contribution in [3.05, 3.63) is 51.3 Å². The highest BCUT2D eigenvalue weighted by atomic mass is 16.1. The number of fused-ring (bicyclic) bond motifs is 3. The first-order valence-corrected chi connectivity index (χ1v) is 8.18. The summed E-state index contributed by atoms with van der Waals surface area (Å²) < 4.78 is 1.67. The zero-order chi connectivity index (χ0) is 16.6. The summed E-state index contributed by atoms with van der Waals surface area (Å²) in [7, 11) is 0. The lowest BCUT2D eigenvalue weighted by Gasteiger charge is -2.15. The number of nitrogens with zero attached hydrogens (tertiary/aromatic N) is 2. The van der Waals surface area contributed by atoms with E-state index in [1.165, 1.54) is 0 Å². The van der Waals surface area contributed by atoms with Crippen molar-refractivity contribution in [2.24, 2.45) is 0 Å². The molecule has 0 saturated heterocycles. The van der Waals surface area contributed by atoms with Gasteiger partial charge in [-0.15, -0.1) is 0 Å². The molecule has 0 radical (unpaired) electrons. The van der Waals surface area contributed by atoms with Crippen molar-refractivity contribution in [2.45, 2.75) is 46.0 Å². The van der Waals surface area contributed by atoms with Gasteiger partial charge >= 0.3 is 0 Å². The van der Waals surface area contributed by atoms with Crippen LogP contribution in [-0.2, 0) is 6.42 Å². The maximum absolute atomic E-state index is 13.1. The first-order chi connectivity index (χ1) is 11.1. The van der Waals surface area contributed by atoms with Crippen molar-refractivity contribution in [2.75, 3.05) is 0 Å². The average molecular weight is 307 g/mol. The standard InChI is InChI=1S/C19H21N3O/c1-4-5-8-13-17(12(2)3)14(11-20)18-21-15-9-6-7-10-16(15)22(18)19(13)23/h6-7,9-10,12,21H,4-5,8H2,1-3H3. The van der Waals surface area contributed by atoms with E-state index in [2.05, 4.69) is 18.0 Å². The fourth-order valence-corrected chi connectivity index (χ4v) is 3.34. The quantitative estimate of drug-likeness (QED) is 0.788. The third-order valence-electron chi connectivity index (χ3n) is 4.38. The van der Waals surface area contributed by atoms with Crippen LogP contribution >= 0.6 is 0 Å². The minimum absolute atomic E-state index is 0.00796. The Labute approximate surface area is 135 Å². The van der Waals surface area contributed by atoms with E-state index in [0.29, 0.717) is 11.2 Å². The SMILES string of the molecule is CCCCc1c(C(C)C)c(C#N)c2[nH]c3ccccc3n2c1=O. The second-order valence-electron chi connectivity index (χ2n) is 6.27. The summed E-state index contributed by atoms with van der Waals surface area (Å²) in [5.74, 6) is 0.139. The third kappa shape index (κ3) is 2.33. The molecule has 0 aliphatic heterocycles. The fraction of sp³-hybridized carbons (Fsp3) is 0.368. The molecule has 2 heterocycles. The molecule has 4 heteroatoms. The number of benzene rings is 1. The van der Waals surface area contributed by atoms with E-state index in [1.807, 2.05) is 38.1 Å². The Morgan fingerprint density at radius 2 is 2.04 bits per heavy atom. The Hall–Kier alpha value is -2.54. The molecule has 0 saturated carbocycles. The van der Waals surface area contributed by atoms with Gasteiger partial charge < -0.3 is 4.98 Å². The smallest absolute Gasteiger partial charge is 0.260 e. The Balaban J connectivity index is 2.51. The molecule has 0 amide bonds. The number of para-hydroxylation sites is 2. The van der Waals surface area contributed by atoms with Crippen LogP contribution in [0.25, 0.3) is 16.7 Å². The molecule has 0 atom stereocenters. The van der Waals surface area contributed by atoms with Gasteiger partial charge in [0.2, 0.25) is 0 Å². The molecule has 0 unspecified atom stereocenters. The van der Waals surface area contributed by atoms with Crippen LogP contribution in [0.1, 0.15) is 56.2 Å². The number of hydrogen-bond donors (Lipinski definition) is 1. The number of hydrogen-bond acceptors (Lipinski definition) is 2. The predicted molar refractivity (Wildman–Crippen MR) is 92.9 cm³/mol. The number of pyridine rings is 1. The summed E-state index contributed by atoms with van der Waals surface area (Å²) in [6.45, 7) is 6.20. The normalized spacial score (nSPS) is 11.4. The van der Waals surface area contributed by atoms with Crippen LogP contribution < -0.4 is 5.56 Å². The zero-order valence-electron chi connectivity index (χ0n) is 13.8. The van der Waals surface area contributed by atoms with Crippen molar-refractivity contribution in [1.82, 2.24) is 9.38 Å². The Bertz CT molecular complexity index is 970. The Morgan fingerprint density at radius 1 is 1.30 bits per heavy atom. The van der Waals surface area contributed by atoms with Gasteiger partial charge in [-0.3, -0.25) is 9.20 Å². The lowest BCUT2D eigenvalue weighted by molar-refractivity contribution is 0.753. The van der Waals surface area contributed by atoms with E-state index in [-0.39, 0.29) is 11.5 Å². The molecular weight excluding hydrogens is 286 g/mol. The van der Waals surface area contributed by atoms with Gasteiger partial charge in [0, 0.05) is 5.56 Å². The predicted octanol–water partition coefficient (Wildman–Crippen LogP) is 4.12. The number of imidazole rings is 1. The van der Waals surface area contributed by atoms with Gasteiger partial charge in [0.05, 0.1) is 16.6 Å². The van der Waals surface area contributed by atoms with Crippen LogP contribution in [0.5, 0.6) is 0 Å². The molecular formula is C19H21N3O. The summed E-state index contributed by atoms with van der Waals surface area (Å²) in [6.07, 6.45) is 2.70. The first-order valence-electron chi connectivity index (χ1n) is 8.18. The van der Waals surface area contributed by atoms with E-state index in [4.69, 9.17) is 0 Å².